The average molecular weight is 180 g/mol. The maximum Gasteiger partial charge on any atom is 0.325 e. The van der Waals surface area contributed by atoms with E-state index in [1.54, 1.807) is 0 Å². The van der Waals surface area contributed by atoms with Crippen molar-refractivity contribution in [1.82, 2.24) is 5.32 Å². The van der Waals surface area contributed by atoms with E-state index in [1.165, 1.54) is 14.0 Å². The second kappa shape index (κ2) is 4.96. The molecule has 0 spiro atoms. The Labute approximate surface area is 69.9 Å². The van der Waals surface area contributed by atoms with Crippen LogP contribution in [0.5, 0.6) is 0 Å². The van der Waals surface area contributed by atoms with E-state index >= 15 is 0 Å². The lowest BCUT2D eigenvalue weighted by Gasteiger charge is -2.06. The molecule has 0 fully saturated rings. The summed E-state index contributed by atoms with van der Waals surface area (Å²) in [7, 11) is 1.24. The van der Waals surface area contributed by atoms with Crippen LogP contribution in [-0.2, 0) is 14.3 Å². The molecule has 0 aliphatic rings. The molecule has 0 aliphatic carbocycles. The molecule has 5 heteroatoms. The topological polar surface area (TPSA) is 55.4 Å². The number of methoxy groups -OCH3 is 1. The number of alkyl halides is 1. The second-order valence-corrected chi connectivity index (χ2v) is 2.45. The number of amides is 1. The van der Waals surface area contributed by atoms with Crippen molar-refractivity contribution < 1.29 is 14.3 Å². The van der Waals surface area contributed by atoms with Gasteiger partial charge < -0.3 is 10.1 Å². The molecule has 0 aliphatic heterocycles. The maximum absolute atomic E-state index is 10.6. The van der Waals surface area contributed by atoms with Crippen molar-refractivity contribution in [1.29, 1.82) is 0 Å². The van der Waals surface area contributed by atoms with Gasteiger partial charge in [-0.25, -0.2) is 0 Å². The van der Waals surface area contributed by atoms with Gasteiger partial charge in [0.2, 0.25) is 5.91 Å². The highest BCUT2D eigenvalue weighted by molar-refractivity contribution is 6.30. The molecule has 1 N–H and O–H groups in total. The van der Waals surface area contributed by atoms with Crippen molar-refractivity contribution in [3.8, 4) is 0 Å². The van der Waals surface area contributed by atoms with Gasteiger partial charge in [0.25, 0.3) is 0 Å². The molecule has 0 heterocycles. The molecule has 11 heavy (non-hydrogen) atoms. The summed E-state index contributed by atoms with van der Waals surface area (Å²) < 4.78 is 4.32. The summed E-state index contributed by atoms with van der Waals surface area (Å²) in [6.45, 7) is 1.45. The predicted octanol–water partition coefficient (Wildman–Crippen LogP) is -0.0971. The van der Waals surface area contributed by atoms with E-state index in [0.717, 1.165) is 0 Å². The van der Waals surface area contributed by atoms with Gasteiger partial charge in [-0.1, -0.05) is 0 Å². The lowest BCUT2D eigenvalue weighted by atomic mass is 10.4. The highest BCUT2D eigenvalue weighted by Crippen LogP contribution is 1.95. The molecule has 4 nitrogen and oxygen atoms in total. The van der Waals surface area contributed by atoms with Crippen molar-refractivity contribution in [2.24, 2.45) is 0 Å². The van der Waals surface area contributed by atoms with Crippen molar-refractivity contribution >= 4 is 23.5 Å². The lowest BCUT2D eigenvalue weighted by molar-refractivity contribution is -0.140. The molecule has 1 amide bonds. The van der Waals surface area contributed by atoms with Crippen molar-refractivity contribution in [3.63, 3.8) is 0 Å². The number of carbonyl (C=O) groups excluding carboxylic acids is 2. The Kier molecular flexibility index (Phi) is 4.61. The zero-order chi connectivity index (χ0) is 8.85. The number of halogens is 1. The van der Waals surface area contributed by atoms with Crippen LogP contribution in [0, 0.1) is 0 Å². The summed E-state index contributed by atoms with van der Waals surface area (Å²) in [6, 6.07) is 0. The van der Waals surface area contributed by atoms with Crippen LogP contribution < -0.4 is 5.32 Å². The van der Waals surface area contributed by atoms with Crippen LogP contribution in [0.25, 0.3) is 0 Å². The fourth-order valence-electron chi connectivity index (χ4n) is 0.445. The summed E-state index contributed by atoms with van der Waals surface area (Å²) in [4.78, 5) is 21.0. The minimum absolute atomic E-state index is 0.101. The van der Waals surface area contributed by atoms with Gasteiger partial charge in [0.05, 0.1) is 7.11 Å². The van der Waals surface area contributed by atoms with Gasteiger partial charge in [-0.15, -0.1) is 11.6 Å². The number of nitrogens with one attached hydrogen (secondary N) is 1. The zero-order valence-electron chi connectivity index (χ0n) is 6.39. The first-order chi connectivity index (χ1) is 5.07. The van der Waals surface area contributed by atoms with Gasteiger partial charge in [-0.05, 0) is 0 Å². The molecule has 0 aromatic rings. The van der Waals surface area contributed by atoms with Crippen molar-refractivity contribution in [3.05, 3.63) is 0 Å². The van der Waals surface area contributed by atoms with Crippen LogP contribution in [0.4, 0.5) is 0 Å². The Morgan fingerprint density at radius 1 is 1.64 bits per heavy atom. The maximum atomic E-state index is 10.6. The smallest absolute Gasteiger partial charge is 0.325 e. The summed E-state index contributed by atoms with van der Waals surface area (Å²) >= 11 is 5.49. The van der Waals surface area contributed by atoms with Crippen LogP contribution in [0.15, 0.2) is 0 Å². The van der Waals surface area contributed by atoms with Gasteiger partial charge in [-0.3, -0.25) is 9.59 Å². The summed E-state index contributed by atoms with van der Waals surface area (Å²) in [6.07, 6.45) is 0. The van der Waals surface area contributed by atoms with Gasteiger partial charge >= 0.3 is 5.97 Å². The van der Waals surface area contributed by atoms with E-state index in [4.69, 9.17) is 11.6 Å². The Morgan fingerprint density at radius 3 is 2.55 bits per heavy atom. The molecule has 1 unspecified atom stereocenters. The van der Waals surface area contributed by atoms with E-state index in [-0.39, 0.29) is 12.5 Å². The van der Waals surface area contributed by atoms with E-state index < -0.39 is 11.3 Å². The van der Waals surface area contributed by atoms with Gasteiger partial charge in [0.1, 0.15) is 5.38 Å². The number of rotatable bonds is 3. The molecule has 0 saturated heterocycles. The summed E-state index contributed by atoms with van der Waals surface area (Å²) in [5, 5.41) is 1.59. The molecule has 0 radical (unpaired) electrons. The largest absolute Gasteiger partial charge is 0.468 e. The SMILES string of the molecule is COC(=O)C(Cl)CNC(C)=O. The Hall–Kier alpha value is -0.770. The molecular formula is C6H10ClNO3. The molecular weight excluding hydrogens is 170 g/mol. The third-order valence-electron chi connectivity index (χ3n) is 0.987. The number of hydrogen-bond donors (Lipinski definition) is 1. The van der Waals surface area contributed by atoms with Crippen molar-refractivity contribution in [2.45, 2.75) is 12.3 Å². The molecule has 0 rings (SSSR count). The summed E-state index contributed by atoms with van der Waals surface area (Å²) in [5.74, 6) is -0.764. The first kappa shape index (κ1) is 10.2. The molecule has 0 bridgehead atoms. The van der Waals surface area contributed by atoms with Gasteiger partial charge in [-0.2, -0.15) is 0 Å². The Balaban J connectivity index is 3.60. The van der Waals surface area contributed by atoms with Crippen molar-refractivity contribution in [2.75, 3.05) is 13.7 Å². The fraction of sp³-hybridized carbons (Fsp3) is 0.667. The predicted molar refractivity (Wildman–Crippen MR) is 40.3 cm³/mol. The first-order valence-corrected chi connectivity index (χ1v) is 3.48. The molecule has 0 aromatic heterocycles. The minimum Gasteiger partial charge on any atom is -0.468 e. The summed E-state index contributed by atoms with van der Waals surface area (Å²) in [5.41, 5.74) is 0. The lowest BCUT2D eigenvalue weighted by Crippen LogP contribution is -2.32. The van der Waals surface area contributed by atoms with Gasteiger partial charge in [0, 0.05) is 13.5 Å². The van der Waals surface area contributed by atoms with E-state index in [9.17, 15) is 9.59 Å². The highest BCUT2D eigenvalue weighted by atomic mass is 35.5. The quantitative estimate of drug-likeness (QED) is 0.487. The van der Waals surface area contributed by atoms with Gasteiger partial charge in [0.15, 0.2) is 0 Å². The zero-order valence-corrected chi connectivity index (χ0v) is 7.14. The monoisotopic (exact) mass is 179 g/mol. The standard InChI is InChI=1S/C6H10ClNO3/c1-4(9)8-3-5(7)6(10)11-2/h5H,3H2,1-2H3,(H,8,9). The molecule has 0 aromatic carbocycles. The number of ether oxygens (including phenoxy) is 1. The molecule has 64 valence electrons. The first-order valence-electron chi connectivity index (χ1n) is 3.04. The fourth-order valence-corrected chi connectivity index (χ4v) is 0.611. The minimum atomic E-state index is -0.802. The molecule has 0 saturated carbocycles. The number of carbonyl (C=O) groups is 2. The second-order valence-electron chi connectivity index (χ2n) is 1.93. The third-order valence-corrected chi connectivity index (χ3v) is 1.32. The normalized spacial score (nSPS) is 11.9. The van der Waals surface area contributed by atoms with E-state index in [2.05, 4.69) is 10.1 Å². The highest BCUT2D eigenvalue weighted by Gasteiger charge is 2.14. The Morgan fingerprint density at radius 2 is 2.18 bits per heavy atom. The van der Waals surface area contributed by atoms with Crippen LogP contribution in [-0.4, -0.2) is 30.9 Å². The van der Waals surface area contributed by atoms with E-state index in [0.29, 0.717) is 0 Å². The average Bonchev–Trinajstić information content (AvgIpc) is 1.98. The van der Waals surface area contributed by atoms with Crippen LogP contribution in [0.2, 0.25) is 0 Å². The molecule has 1 atom stereocenters. The van der Waals surface area contributed by atoms with Crippen LogP contribution in [0.1, 0.15) is 6.92 Å². The number of hydrogen-bond acceptors (Lipinski definition) is 3. The van der Waals surface area contributed by atoms with E-state index in [1.807, 2.05) is 0 Å². The van der Waals surface area contributed by atoms with Crippen LogP contribution in [0.3, 0.4) is 0 Å². The Bertz CT molecular complexity index is 160. The van der Waals surface area contributed by atoms with Crippen LogP contribution >= 0.6 is 11.6 Å². The number of esters is 1. The third kappa shape index (κ3) is 4.61.